The van der Waals surface area contributed by atoms with Crippen molar-refractivity contribution in [3.05, 3.63) is 48.2 Å². The molecule has 0 unspecified atom stereocenters. The summed E-state index contributed by atoms with van der Waals surface area (Å²) in [6.45, 7) is 0. The highest BCUT2D eigenvalue weighted by Gasteiger charge is 2.07. The summed E-state index contributed by atoms with van der Waals surface area (Å²) in [6.07, 6.45) is 3.24. The monoisotopic (exact) mass is 254 g/mol. The van der Waals surface area contributed by atoms with Crippen LogP contribution in [0.3, 0.4) is 0 Å². The molecule has 0 spiro atoms. The maximum atomic E-state index is 5.77. The summed E-state index contributed by atoms with van der Waals surface area (Å²) >= 11 is 1.56. The third-order valence-electron chi connectivity index (χ3n) is 2.49. The molecule has 2 heterocycles. The van der Waals surface area contributed by atoms with E-state index in [0.29, 0.717) is 0 Å². The van der Waals surface area contributed by atoms with Gasteiger partial charge in [0.05, 0.1) is 5.69 Å². The van der Waals surface area contributed by atoms with E-state index in [1.807, 2.05) is 35.7 Å². The summed E-state index contributed by atoms with van der Waals surface area (Å²) < 4.78 is 0. The van der Waals surface area contributed by atoms with Crippen LogP contribution in [0.1, 0.15) is 0 Å². The van der Waals surface area contributed by atoms with Crippen molar-refractivity contribution < 1.29 is 0 Å². The van der Waals surface area contributed by atoms with Crippen LogP contribution in [-0.2, 0) is 0 Å². The largest absolute Gasteiger partial charge is 0.399 e. The lowest BCUT2D eigenvalue weighted by atomic mass is 10.1. The Morgan fingerprint density at radius 3 is 2.83 bits per heavy atom. The minimum absolute atomic E-state index is 0.740. The fourth-order valence-electron chi connectivity index (χ4n) is 1.64. The first-order valence-electron chi connectivity index (χ1n) is 5.41. The van der Waals surface area contributed by atoms with E-state index < -0.39 is 0 Å². The van der Waals surface area contributed by atoms with Crippen molar-refractivity contribution in [3.63, 3.8) is 0 Å². The van der Waals surface area contributed by atoms with E-state index in [-0.39, 0.29) is 0 Å². The van der Waals surface area contributed by atoms with E-state index in [4.69, 9.17) is 5.73 Å². The number of benzene rings is 1. The molecule has 0 fully saturated rings. The summed E-state index contributed by atoms with van der Waals surface area (Å²) in [5.74, 6) is 0. The van der Waals surface area contributed by atoms with Crippen LogP contribution in [0.2, 0.25) is 0 Å². The van der Waals surface area contributed by atoms with Gasteiger partial charge in [-0.1, -0.05) is 12.1 Å². The summed E-state index contributed by atoms with van der Waals surface area (Å²) in [5.41, 5.74) is 9.28. The maximum Gasteiger partial charge on any atom is 0.142 e. The molecule has 0 atom stereocenters. The molecule has 0 amide bonds. The molecule has 1 aromatic carbocycles. The maximum absolute atomic E-state index is 5.77. The van der Waals surface area contributed by atoms with Gasteiger partial charge in [-0.15, -0.1) is 11.3 Å². The molecule has 0 saturated heterocycles. The minimum Gasteiger partial charge on any atom is -0.399 e. The number of nitrogens with zero attached hydrogens (tertiary/aromatic N) is 3. The number of rotatable bonds is 2. The SMILES string of the molecule is Nc1cccc(-c2csc(-c3ccncn3)n2)c1. The Bertz CT molecular complexity index is 664. The van der Waals surface area contributed by atoms with Gasteiger partial charge in [0.1, 0.15) is 17.0 Å². The second-order valence-electron chi connectivity index (χ2n) is 3.76. The van der Waals surface area contributed by atoms with E-state index in [2.05, 4.69) is 15.0 Å². The number of hydrogen-bond acceptors (Lipinski definition) is 5. The molecule has 0 radical (unpaired) electrons. The predicted octanol–water partition coefficient (Wildman–Crippen LogP) is 2.85. The van der Waals surface area contributed by atoms with Crippen LogP contribution in [0.5, 0.6) is 0 Å². The van der Waals surface area contributed by atoms with Crippen molar-refractivity contribution in [1.29, 1.82) is 0 Å². The highest BCUT2D eigenvalue weighted by atomic mass is 32.1. The summed E-state index contributed by atoms with van der Waals surface area (Å²) in [7, 11) is 0. The normalized spacial score (nSPS) is 10.4. The summed E-state index contributed by atoms with van der Waals surface area (Å²) in [4.78, 5) is 12.6. The zero-order valence-corrected chi connectivity index (χ0v) is 10.3. The van der Waals surface area contributed by atoms with Gasteiger partial charge >= 0.3 is 0 Å². The van der Waals surface area contributed by atoms with Gasteiger partial charge in [0, 0.05) is 22.8 Å². The lowest BCUT2D eigenvalue weighted by molar-refractivity contribution is 1.16. The lowest BCUT2D eigenvalue weighted by Gasteiger charge is -1.98. The van der Waals surface area contributed by atoms with Crippen LogP contribution >= 0.6 is 11.3 Å². The number of thiazole rings is 1. The zero-order valence-electron chi connectivity index (χ0n) is 9.45. The second kappa shape index (κ2) is 4.54. The number of anilines is 1. The molecule has 4 nitrogen and oxygen atoms in total. The molecule has 0 bridgehead atoms. The van der Waals surface area contributed by atoms with E-state index >= 15 is 0 Å². The molecular formula is C13H10N4S. The second-order valence-corrected chi connectivity index (χ2v) is 4.62. The standard InChI is InChI=1S/C13H10N4S/c14-10-3-1-2-9(6-10)12-7-18-13(17-12)11-4-5-15-8-16-11/h1-8H,14H2. The first kappa shape index (κ1) is 10.9. The van der Waals surface area contributed by atoms with Gasteiger partial charge in [-0.25, -0.2) is 15.0 Å². The molecule has 2 N–H and O–H groups in total. The van der Waals surface area contributed by atoms with Crippen LogP contribution in [-0.4, -0.2) is 15.0 Å². The first-order chi connectivity index (χ1) is 8.83. The number of nitrogens with two attached hydrogens (primary N) is 1. The molecule has 18 heavy (non-hydrogen) atoms. The van der Waals surface area contributed by atoms with Crippen molar-refractivity contribution in [2.45, 2.75) is 0 Å². The third-order valence-corrected chi connectivity index (χ3v) is 3.35. The van der Waals surface area contributed by atoms with Crippen molar-refractivity contribution in [1.82, 2.24) is 15.0 Å². The third kappa shape index (κ3) is 2.08. The minimum atomic E-state index is 0.740. The lowest BCUT2D eigenvalue weighted by Crippen LogP contribution is -1.86. The van der Waals surface area contributed by atoms with Crippen molar-refractivity contribution in [3.8, 4) is 22.0 Å². The molecule has 5 heteroatoms. The molecule has 2 aromatic heterocycles. The Morgan fingerprint density at radius 1 is 1.11 bits per heavy atom. The quantitative estimate of drug-likeness (QED) is 0.714. The Balaban J connectivity index is 2.00. The molecule has 0 aliphatic rings. The van der Waals surface area contributed by atoms with Crippen molar-refractivity contribution in [2.75, 3.05) is 5.73 Å². The average molecular weight is 254 g/mol. The van der Waals surface area contributed by atoms with Gasteiger partial charge in [0.15, 0.2) is 0 Å². The number of nitrogen functional groups attached to an aromatic ring is 1. The Morgan fingerprint density at radius 2 is 2.06 bits per heavy atom. The van der Waals surface area contributed by atoms with Crippen molar-refractivity contribution >= 4 is 17.0 Å². The highest BCUT2D eigenvalue weighted by Crippen LogP contribution is 2.28. The van der Waals surface area contributed by atoms with Crippen LogP contribution in [0.25, 0.3) is 22.0 Å². The fourth-order valence-corrected chi connectivity index (χ4v) is 2.44. The topological polar surface area (TPSA) is 64.7 Å². The Labute approximate surface area is 108 Å². The average Bonchev–Trinajstić information content (AvgIpc) is 2.89. The van der Waals surface area contributed by atoms with Crippen LogP contribution in [0.15, 0.2) is 48.2 Å². The van der Waals surface area contributed by atoms with E-state index in [1.54, 1.807) is 17.5 Å². The smallest absolute Gasteiger partial charge is 0.142 e. The molecule has 0 saturated carbocycles. The first-order valence-corrected chi connectivity index (χ1v) is 6.29. The van der Waals surface area contributed by atoms with Gasteiger partial charge < -0.3 is 5.73 Å². The van der Waals surface area contributed by atoms with Gasteiger partial charge in [-0.05, 0) is 18.2 Å². The molecule has 88 valence electrons. The molecular weight excluding hydrogens is 244 g/mol. The molecule has 3 aromatic rings. The molecule has 0 aliphatic heterocycles. The number of hydrogen-bond donors (Lipinski definition) is 1. The van der Waals surface area contributed by atoms with E-state index in [9.17, 15) is 0 Å². The summed E-state index contributed by atoms with van der Waals surface area (Å²) in [5, 5.41) is 2.89. The van der Waals surface area contributed by atoms with Gasteiger partial charge in [0.2, 0.25) is 0 Å². The zero-order chi connectivity index (χ0) is 12.4. The Kier molecular flexibility index (Phi) is 2.74. The van der Waals surface area contributed by atoms with Crippen LogP contribution in [0.4, 0.5) is 5.69 Å². The van der Waals surface area contributed by atoms with Gasteiger partial charge in [0.25, 0.3) is 0 Å². The summed E-state index contributed by atoms with van der Waals surface area (Å²) in [6, 6.07) is 9.55. The Hall–Kier alpha value is -2.27. The van der Waals surface area contributed by atoms with Crippen LogP contribution < -0.4 is 5.73 Å². The highest BCUT2D eigenvalue weighted by molar-refractivity contribution is 7.13. The van der Waals surface area contributed by atoms with Crippen molar-refractivity contribution in [2.24, 2.45) is 0 Å². The van der Waals surface area contributed by atoms with E-state index in [0.717, 1.165) is 27.6 Å². The fraction of sp³-hybridized carbons (Fsp3) is 0. The predicted molar refractivity (Wildman–Crippen MR) is 73.0 cm³/mol. The molecule has 0 aliphatic carbocycles. The van der Waals surface area contributed by atoms with Gasteiger partial charge in [-0.2, -0.15) is 0 Å². The van der Waals surface area contributed by atoms with E-state index in [1.165, 1.54) is 6.33 Å². The van der Waals surface area contributed by atoms with Gasteiger partial charge in [-0.3, -0.25) is 0 Å². The number of aromatic nitrogens is 3. The van der Waals surface area contributed by atoms with Crippen LogP contribution in [0, 0.1) is 0 Å². The molecule has 3 rings (SSSR count).